The summed E-state index contributed by atoms with van der Waals surface area (Å²) in [6.07, 6.45) is 8.68. The molecule has 0 radical (unpaired) electrons. The van der Waals surface area contributed by atoms with Crippen molar-refractivity contribution < 1.29 is 0 Å². The van der Waals surface area contributed by atoms with Crippen LogP contribution in [0.1, 0.15) is 58.8 Å². The molecule has 0 N–H and O–H groups in total. The minimum atomic E-state index is 0.312. The van der Waals surface area contributed by atoms with Crippen molar-refractivity contribution in [2.75, 3.05) is 0 Å². The molecule has 12 heavy (non-hydrogen) atoms. The van der Waals surface area contributed by atoms with Gasteiger partial charge in [-0.1, -0.05) is 46.0 Å². The third-order valence-electron chi connectivity index (χ3n) is 2.33. The van der Waals surface area contributed by atoms with Crippen molar-refractivity contribution in [3.8, 4) is 6.07 Å². The minimum Gasteiger partial charge on any atom is -0.198 e. The molecular weight excluding hydrogens is 146 g/mol. The molecule has 0 rings (SSSR count). The molecule has 0 saturated carbocycles. The van der Waals surface area contributed by atoms with E-state index in [2.05, 4.69) is 19.9 Å². The van der Waals surface area contributed by atoms with Gasteiger partial charge in [-0.25, -0.2) is 0 Å². The molecule has 0 fully saturated rings. The standard InChI is InChI=1S/C11H21N/c1-3-5-6-7-8-9-11(4-2)10-12/h11H,3-9H2,1-2H3/t11-/m0/s1. The lowest BCUT2D eigenvalue weighted by atomic mass is 10.00. The maximum atomic E-state index is 8.68. The lowest BCUT2D eigenvalue weighted by molar-refractivity contribution is 0.520. The van der Waals surface area contributed by atoms with Crippen molar-refractivity contribution in [1.29, 1.82) is 5.26 Å². The van der Waals surface area contributed by atoms with E-state index < -0.39 is 0 Å². The van der Waals surface area contributed by atoms with E-state index >= 15 is 0 Å². The van der Waals surface area contributed by atoms with Gasteiger partial charge >= 0.3 is 0 Å². The number of hydrogen-bond donors (Lipinski definition) is 0. The topological polar surface area (TPSA) is 23.8 Å². The summed E-state index contributed by atoms with van der Waals surface area (Å²) in [6.45, 7) is 4.32. The highest BCUT2D eigenvalue weighted by molar-refractivity contribution is 4.80. The maximum Gasteiger partial charge on any atom is 0.0655 e. The van der Waals surface area contributed by atoms with Crippen molar-refractivity contribution in [2.24, 2.45) is 5.92 Å². The van der Waals surface area contributed by atoms with Crippen LogP contribution in [0.5, 0.6) is 0 Å². The van der Waals surface area contributed by atoms with Crippen LogP contribution in [-0.4, -0.2) is 0 Å². The van der Waals surface area contributed by atoms with Crippen molar-refractivity contribution in [1.82, 2.24) is 0 Å². The van der Waals surface area contributed by atoms with Gasteiger partial charge in [0.2, 0.25) is 0 Å². The predicted molar refractivity (Wildman–Crippen MR) is 52.8 cm³/mol. The number of nitriles is 1. The molecule has 0 amide bonds. The summed E-state index contributed by atoms with van der Waals surface area (Å²) in [6, 6.07) is 2.34. The van der Waals surface area contributed by atoms with Crippen LogP contribution in [0.25, 0.3) is 0 Å². The molecule has 1 atom stereocenters. The second-order valence-corrected chi connectivity index (χ2v) is 3.44. The summed E-state index contributed by atoms with van der Waals surface area (Å²) >= 11 is 0. The summed E-state index contributed by atoms with van der Waals surface area (Å²) in [5.74, 6) is 0.312. The van der Waals surface area contributed by atoms with E-state index in [1.807, 2.05) is 0 Å². The monoisotopic (exact) mass is 167 g/mol. The van der Waals surface area contributed by atoms with E-state index in [9.17, 15) is 0 Å². The number of hydrogen-bond acceptors (Lipinski definition) is 1. The fourth-order valence-corrected chi connectivity index (χ4v) is 1.35. The fraction of sp³-hybridized carbons (Fsp3) is 0.909. The molecule has 1 nitrogen and oxygen atoms in total. The summed E-state index contributed by atoms with van der Waals surface area (Å²) in [5.41, 5.74) is 0. The van der Waals surface area contributed by atoms with Gasteiger partial charge in [-0.3, -0.25) is 0 Å². The summed E-state index contributed by atoms with van der Waals surface area (Å²) in [4.78, 5) is 0. The van der Waals surface area contributed by atoms with Crippen LogP contribution in [-0.2, 0) is 0 Å². The van der Waals surface area contributed by atoms with Gasteiger partial charge in [0.15, 0.2) is 0 Å². The minimum absolute atomic E-state index is 0.312. The van der Waals surface area contributed by atoms with Crippen LogP contribution in [0.15, 0.2) is 0 Å². The van der Waals surface area contributed by atoms with E-state index in [1.165, 1.54) is 32.1 Å². The zero-order valence-corrected chi connectivity index (χ0v) is 8.47. The van der Waals surface area contributed by atoms with Gasteiger partial charge in [0.1, 0.15) is 0 Å². The molecule has 0 unspecified atom stereocenters. The highest BCUT2D eigenvalue weighted by Gasteiger charge is 2.02. The molecule has 70 valence electrons. The van der Waals surface area contributed by atoms with Gasteiger partial charge < -0.3 is 0 Å². The number of rotatable bonds is 7. The first-order valence-corrected chi connectivity index (χ1v) is 5.24. The Hall–Kier alpha value is -0.510. The Morgan fingerprint density at radius 1 is 1.08 bits per heavy atom. The highest BCUT2D eigenvalue weighted by Crippen LogP contribution is 2.13. The third-order valence-corrected chi connectivity index (χ3v) is 2.33. The Morgan fingerprint density at radius 3 is 2.25 bits per heavy atom. The Labute approximate surface area is 76.8 Å². The van der Waals surface area contributed by atoms with Crippen molar-refractivity contribution in [3.05, 3.63) is 0 Å². The Bertz CT molecular complexity index is 123. The number of unbranched alkanes of at least 4 members (excludes halogenated alkanes) is 4. The van der Waals surface area contributed by atoms with E-state index in [4.69, 9.17) is 5.26 Å². The fourth-order valence-electron chi connectivity index (χ4n) is 1.35. The molecule has 0 spiro atoms. The zero-order chi connectivity index (χ0) is 9.23. The van der Waals surface area contributed by atoms with Gasteiger partial charge in [-0.05, 0) is 12.8 Å². The largest absolute Gasteiger partial charge is 0.198 e. The molecule has 0 bridgehead atoms. The van der Waals surface area contributed by atoms with Gasteiger partial charge in [0.25, 0.3) is 0 Å². The molecule has 0 saturated heterocycles. The van der Waals surface area contributed by atoms with Crippen molar-refractivity contribution in [2.45, 2.75) is 58.8 Å². The smallest absolute Gasteiger partial charge is 0.0655 e. The molecular formula is C11H21N. The van der Waals surface area contributed by atoms with Gasteiger partial charge in [-0.2, -0.15) is 5.26 Å². The highest BCUT2D eigenvalue weighted by atomic mass is 14.3. The van der Waals surface area contributed by atoms with E-state index in [0.717, 1.165) is 12.8 Å². The van der Waals surface area contributed by atoms with E-state index in [0.29, 0.717) is 5.92 Å². The lowest BCUT2D eigenvalue weighted by Gasteiger charge is -2.04. The predicted octanol–water partition coefficient (Wildman–Crippen LogP) is 3.90. The summed E-state index contributed by atoms with van der Waals surface area (Å²) in [5, 5.41) is 8.68. The number of nitrogens with zero attached hydrogens (tertiary/aromatic N) is 1. The molecule has 1 heteroatoms. The quantitative estimate of drug-likeness (QED) is 0.527. The van der Waals surface area contributed by atoms with Crippen LogP contribution in [0.3, 0.4) is 0 Å². The molecule has 0 aromatic rings. The first kappa shape index (κ1) is 11.5. The van der Waals surface area contributed by atoms with E-state index in [1.54, 1.807) is 0 Å². The van der Waals surface area contributed by atoms with Crippen LogP contribution >= 0.6 is 0 Å². The second kappa shape index (κ2) is 8.59. The van der Waals surface area contributed by atoms with Crippen LogP contribution in [0.4, 0.5) is 0 Å². The van der Waals surface area contributed by atoms with Crippen LogP contribution in [0.2, 0.25) is 0 Å². The van der Waals surface area contributed by atoms with Gasteiger partial charge in [0, 0.05) is 5.92 Å². The van der Waals surface area contributed by atoms with Gasteiger partial charge in [0.05, 0.1) is 6.07 Å². The average Bonchev–Trinajstić information content (AvgIpc) is 2.11. The molecule has 0 aliphatic carbocycles. The Balaban J connectivity index is 3.13. The third kappa shape index (κ3) is 6.22. The molecule has 0 heterocycles. The zero-order valence-electron chi connectivity index (χ0n) is 8.47. The normalized spacial score (nSPS) is 12.4. The Morgan fingerprint density at radius 2 is 1.75 bits per heavy atom. The van der Waals surface area contributed by atoms with Crippen molar-refractivity contribution >= 4 is 0 Å². The lowest BCUT2D eigenvalue weighted by Crippen LogP contribution is -1.94. The van der Waals surface area contributed by atoms with Gasteiger partial charge in [-0.15, -0.1) is 0 Å². The van der Waals surface area contributed by atoms with Crippen molar-refractivity contribution in [3.63, 3.8) is 0 Å². The van der Waals surface area contributed by atoms with Crippen LogP contribution < -0.4 is 0 Å². The summed E-state index contributed by atoms with van der Waals surface area (Å²) < 4.78 is 0. The first-order valence-electron chi connectivity index (χ1n) is 5.24. The maximum absolute atomic E-state index is 8.68. The molecule has 0 aliphatic rings. The summed E-state index contributed by atoms with van der Waals surface area (Å²) in [7, 11) is 0. The first-order chi connectivity index (χ1) is 5.85. The molecule has 0 aromatic heterocycles. The SMILES string of the molecule is CCCCCCC[C@@H](C#N)CC. The molecule has 0 aliphatic heterocycles. The second-order valence-electron chi connectivity index (χ2n) is 3.44. The molecule has 0 aromatic carbocycles. The average molecular weight is 167 g/mol. The van der Waals surface area contributed by atoms with E-state index in [-0.39, 0.29) is 0 Å². The van der Waals surface area contributed by atoms with Crippen LogP contribution in [0, 0.1) is 17.2 Å². The Kier molecular flexibility index (Phi) is 8.22.